The van der Waals surface area contributed by atoms with Gasteiger partial charge in [0.2, 0.25) is 5.52 Å². The molecule has 3 heterocycles. The number of rotatable bonds is 10. The maximum atomic E-state index is 11.4. The van der Waals surface area contributed by atoms with Crippen LogP contribution >= 0.6 is 46.0 Å². The molecule has 0 radical (unpaired) electrons. The minimum absolute atomic E-state index is 0.227. The Morgan fingerprint density at radius 3 is 2.33 bits per heavy atom. The average molecular weight is 644 g/mol. The Kier molecular flexibility index (Phi) is 8.41. The van der Waals surface area contributed by atoms with Crippen molar-refractivity contribution in [2.45, 2.75) is 23.6 Å². The smallest absolute Gasteiger partial charge is 0.265 e. The number of aromatic nitrogens is 1. The first-order valence-electron chi connectivity index (χ1n) is 11.9. The van der Waals surface area contributed by atoms with Crippen LogP contribution in [0.25, 0.3) is 27.4 Å². The Bertz CT molecular complexity index is 1760. The third kappa shape index (κ3) is 7.03. The van der Waals surface area contributed by atoms with Gasteiger partial charge in [0.25, 0.3) is 25.2 Å². The highest BCUT2D eigenvalue weighted by atomic mass is 35.5. The molecule has 4 aromatic rings. The number of hydrogen-bond donors (Lipinski definition) is 2. The number of fused-ring (bicyclic) bond motifs is 2. The molecule has 2 N–H and O–H groups in total. The summed E-state index contributed by atoms with van der Waals surface area (Å²) in [5, 5.41) is 1.76. The molecule has 2 aromatic heterocycles. The second-order valence-corrected chi connectivity index (χ2v) is 16.1. The summed E-state index contributed by atoms with van der Waals surface area (Å²) in [5.74, 6) is -0.701. The van der Waals surface area contributed by atoms with Crippen molar-refractivity contribution in [3.63, 3.8) is 0 Å². The number of halogens is 1. The Morgan fingerprint density at radius 2 is 1.62 bits per heavy atom. The predicted molar refractivity (Wildman–Crippen MR) is 160 cm³/mol. The lowest BCUT2D eigenvalue weighted by molar-refractivity contribution is -0.668. The highest BCUT2D eigenvalue weighted by Gasteiger charge is 2.30. The summed E-state index contributed by atoms with van der Waals surface area (Å²) in [7, 11) is -8.19. The van der Waals surface area contributed by atoms with Crippen molar-refractivity contribution in [1.29, 1.82) is 0 Å². The molecule has 1 aliphatic rings. The molecule has 0 saturated heterocycles. The molecule has 0 aliphatic carbocycles. The van der Waals surface area contributed by atoms with E-state index in [0.29, 0.717) is 17.4 Å². The molecular weight excluding hydrogens is 620 g/mol. The van der Waals surface area contributed by atoms with Crippen molar-refractivity contribution in [3.8, 4) is 11.1 Å². The summed E-state index contributed by atoms with van der Waals surface area (Å²) in [6.07, 6.45) is 2.47. The summed E-state index contributed by atoms with van der Waals surface area (Å²) in [6, 6.07) is 18.0. The number of thiophene rings is 1. The van der Waals surface area contributed by atoms with Gasteiger partial charge in [-0.25, -0.2) is 0 Å². The molecule has 1 aliphatic heterocycles. The average Bonchev–Trinajstić information content (AvgIpc) is 3.49. The van der Waals surface area contributed by atoms with Crippen LogP contribution in [0.15, 0.2) is 63.8 Å². The lowest BCUT2D eigenvalue weighted by Gasteiger charge is -2.19. The van der Waals surface area contributed by atoms with Gasteiger partial charge in [-0.15, -0.1) is 11.3 Å². The summed E-state index contributed by atoms with van der Waals surface area (Å²) >= 11 is 10.8. The molecule has 0 fully saturated rings. The molecule has 0 unspecified atom stereocenters. The van der Waals surface area contributed by atoms with Gasteiger partial charge in [-0.1, -0.05) is 71.1 Å². The van der Waals surface area contributed by atoms with Crippen LogP contribution in [0.2, 0.25) is 4.34 Å². The molecule has 14 heteroatoms. The second-order valence-electron chi connectivity index (χ2n) is 8.88. The molecule has 0 amide bonds. The number of aryl methyl sites for hydroxylation is 1. The Hall–Kier alpha value is -1.97. The number of benzene rings is 2. The fourth-order valence-electron chi connectivity index (χ4n) is 4.37. The van der Waals surface area contributed by atoms with E-state index in [1.54, 1.807) is 11.3 Å². The zero-order valence-electron chi connectivity index (χ0n) is 20.4. The van der Waals surface area contributed by atoms with Gasteiger partial charge in [0.05, 0.1) is 36.8 Å². The SMILES string of the molecule is O=S(=O)(O)CCCN1C(=Cc2sc3ccc(-c4ccccc4)cc3[n+]2CCCS(=O)(=O)O)Sc2sc(Cl)cc21. The van der Waals surface area contributed by atoms with E-state index < -0.39 is 20.2 Å². The van der Waals surface area contributed by atoms with E-state index in [1.807, 2.05) is 53.4 Å². The van der Waals surface area contributed by atoms with Crippen LogP contribution in [-0.4, -0.2) is 44.0 Å². The van der Waals surface area contributed by atoms with Crippen molar-refractivity contribution >= 4 is 88.3 Å². The highest BCUT2D eigenvalue weighted by molar-refractivity contribution is 8.05. The van der Waals surface area contributed by atoms with Crippen LogP contribution < -0.4 is 9.47 Å². The van der Waals surface area contributed by atoms with Gasteiger partial charge in [-0.2, -0.15) is 21.4 Å². The third-order valence-electron chi connectivity index (χ3n) is 6.06. The number of nitrogens with zero attached hydrogens (tertiary/aromatic N) is 2. The molecule has 0 bridgehead atoms. The molecule has 39 heavy (non-hydrogen) atoms. The van der Waals surface area contributed by atoms with Gasteiger partial charge >= 0.3 is 0 Å². The Labute approximate surface area is 244 Å². The van der Waals surface area contributed by atoms with E-state index in [0.717, 1.165) is 41.3 Å². The molecule has 206 valence electrons. The number of anilines is 1. The molecule has 0 spiro atoms. The quantitative estimate of drug-likeness (QED) is 0.159. The maximum absolute atomic E-state index is 11.4. The number of hydrogen-bond acceptors (Lipinski definition) is 8. The fraction of sp³-hybridized carbons (Fsp3) is 0.240. The third-order valence-corrected chi connectivity index (χ3v) is 11.3. The minimum Gasteiger partial charge on any atom is -0.334 e. The van der Waals surface area contributed by atoms with Crippen LogP contribution in [0.1, 0.15) is 17.8 Å². The van der Waals surface area contributed by atoms with Gasteiger partial charge in [-0.3, -0.25) is 9.11 Å². The summed E-state index contributed by atoms with van der Waals surface area (Å²) in [6.45, 7) is 0.739. The van der Waals surface area contributed by atoms with Gasteiger partial charge in [0.15, 0.2) is 6.54 Å². The molecular formula is C25H24ClN2O6S5+. The summed E-state index contributed by atoms with van der Waals surface area (Å²) in [4.78, 5) is 2.00. The fourth-order valence-corrected chi connectivity index (χ4v) is 9.26. The lowest BCUT2D eigenvalue weighted by Crippen LogP contribution is -2.36. The largest absolute Gasteiger partial charge is 0.334 e. The topological polar surface area (TPSA) is 116 Å². The Morgan fingerprint density at radius 1 is 0.897 bits per heavy atom. The summed E-state index contributed by atoms with van der Waals surface area (Å²) < 4.78 is 68.7. The van der Waals surface area contributed by atoms with Gasteiger partial charge in [-0.05, 0) is 29.7 Å². The molecule has 2 aromatic carbocycles. The standard InChI is InChI=1S/C25H23ClN2O6S5/c26-22-15-20-25(36-22)37-24(28(20)11-5-13-39(32,33)34)16-23-27(10-4-12-38(29,30)31)19-14-18(8-9-21(19)35-23)17-6-2-1-3-7-17/h1-3,6-9,14-16H,4-5,10-13H2,(H-,29,30,31,32,33,34)/p+1. The van der Waals surface area contributed by atoms with Gasteiger partial charge < -0.3 is 4.90 Å². The van der Waals surface area contributed by atoms with Crippen LogP contribution in [0.3, 0.4) is 0 Å². The highest BCUT2D eigenvalue weighted by Crippen LogP contribution is 2.52. The first-order chi connectivity index (χ1) is 18.5. The zero-order chi connectivity index (χ0) is 27.8. The normalized spacial score (nSPS) is 14.9. The number of thiazole rings is 1. The van der Waals surface area contributed by atoms with Crippen LogP contribution in [0.4, 0.5) is 5.69 Å². The molecule has 0 atom stereocenters. The van der Waals surface area contributed by atoms with E-state index in [4.69, 9.17) is 11.6 Å². The van der Waals surface area contributed by atoms with E-state index in [-0.39, 0.29) is 24.3 Å². The zero-order valence-corrected chi connectivity index (χ0v) is 25.2. The van der Waals surface area contributed by atoms with Crippen molar-refractivity contribution < 1.29 is 30.5 Å². The van der Waals surface area contributed by atoms with Gasteiger partial charge in [0.1, 0.15) is 4.70 Å². The van der Waals surface area contributed by atoms with E-state index >= 15 is 0 Å². The first kappa shape index (κ1) is 28.6. The predicted octanol–water partition coefficient (Wildman–Crippen LogP) is 6.04. The van der Waals surface area contributed by atoms with Crippen molar-refractivity contribution in [2.24, 2.45) is 0 Å². The van der Waals surface area contributed by atoms with Crippen molar-refractivity contribution in [2.75, 3.05) is 23.0 Å². The second kappa shape index (κ2) is 11.5. The van der Waals surface area contributed by atoms with Gasteiger partial charge in [0, 0.05) is 19.0 Å². The lowest BCUT2D eigenvalue weighted by atomic mass is 10.1. The van der Waals surface area contributed by atoms with Crippen LogP contribution in [0.5, 0.6) is 0 Å². The molecule has 8 nitrogen and oxygen atoms in total. The van der Waals surface area contributed by atoms with Crippen molar-refractivity contribution in [1.82, 2.24) is 0 Å². The first-order valence-corrected chi connectivity index (χ1v) is 17.9. The van der Waals surface area contributed by atoms with Crippen LogP contribution in [-0.2, 0) is 26.8 Å². The molecule has 0 saturated carbocycles. The van der Waals surface area contributed by atoms with Crippen molar-refractivity contribution in [3.05, 3.63) is 69.0 Å². The monoisotopic (exact) mass is 643 g/mol. The van der Waals surface area contributed by atoms with Crippen LogP contribution in [0, 0.1) is 0 Å². The minimum atomic E-state index is -4.10. The van der Waals surface area contributed by atoms with E-state index in [9.17, 15) is 25.9 Å². The maximum Gasteiger partial charge on any atom is 0.265 e. The van der Waals surface area contributed by atoms with E-state index in [1.165, 1.54) is 23.1 Å². The van der Waals surface area contributed by atoms with E-state index in [2.05, 4.69) is 16.7 Å². The summed E-state index contributed by atoms with van der Waals surface area (Å²) in [5.41, 5.74) is 3.93. The Balaban J connectivity index is 1.55. The molecule has 5 rings (SSSR count). The number of thioether (sulfide) groups is 1.